The van der Waals surface area contributed by atoms with Crippen molar-refractivity contribution in [1.29, 1.82) is 0 Å². The highest BCUT2D eigenvalue weighted by Crippen LogP contribution is 2.05. The molecule has 0 N–H and O–H groups in total. The lowest BCUT2D eigenvalue weighted by molar-refractivity contribution is -0.127. The molecule has 0 bridgehead atoms. The lowest BCUT2D eigenvalue weighted by Gasteiger charge is -2.09. The van der Waals surface area contributed by atoms with Crippen LogP contribution < -0.4 is 0 Å². The summed E-state index contributed by atoms with van der Waals surface area (Å²) < 4.78 is 4.79. The molecule has 0 aliphatic carbocycles. The monoisotopic (exact) mass is 158 g/mol. The summed E-state index contributed by atoms with van der Waals surface area (Å²) in [6, 6.07) is 0. The van der Waals surface area contributed by atoms with E-state index in [2.05, 4.69) is 0 Å². The van der Waals surface area contributed by atoms with Gasteiger partial charge in [0.25, 0.3) is 0 Å². The molecule has 0 spiro atoms. The Morgan fingerprint density at radius 1 is 1.36 bits per heavy atom. The zero-order chi connectivity index (χ0) is 8.85. The second kappa shape index (κ2) is 5.02. The lowest BCUT2D eigenvalue weighted by atomic mass is 10.0. The predicted octanol–water partition coefficient (Wildman–Crippen LogP) is 0.817. The highest BCUT2D eigenvalue weighted by atomic mass is 16.5. The van der Waals surface area contributed by atoms with E-state index in [1.165, 1.54) is 21.0 Å². The van der Waals surface area contributed by atoms with Crippen molar-refractivity contribution in [3.05, 3.63) is 0 Å². The van der Waals surface area contributed by atoms with Crippen LogP contribution in [0.25, 0.3) is 0 Å². The fraction of sp³-hybridized carbons (Fsp3) is 0.750. The van der Waals surface area contributed by atoms with E-state index in [0.717, 1.165) is 0 Å². The molecule has 1 atom stereocenters. The second-order valence-electron chi connectivity index (χ2n) is 2.67. The molecule has 0 aromatic rings. The van der Waals surface area contributed by atoms with E-state index in [1.54, 1.807) is 0 Å². The highest BCUT2D eigenvalue weighted by Gasteiger charge is 2.15. The summed E-state index contributed by atoms with van der Waals surface area (Å²) in [5, 5.41) is 0. The van der Waals surface area contributed by atoms with Crippen LogP contribution in [-0.4, -0.2) is 25.3 Å². The first-order chi connectivity index (χ1) is 5.07. The molecule has 0 fully saturated rings. The van der Waals surface area contributed by atoms with Crippen LogP contribution in [0.5, 0.6) is 0 Å². The Kier molecular flexibility index (Phi) is 4.70. The van der Waals surface area contributed by atoms with Gasteiger partial charge in [-0.1, -0.05) is 0 Å². The van der Waals surface area contributed by atoms with Gasteiger partial charge in [0.15, 0.2) is 0 Å². The predicted molar refractivity (Wildman–Crippen MR) is 41.3 cm³/mol. The van der Waals surface area contributed by atoms with Crippen LogP contribution in [-0.2, 0) is 14.3 Å². The number of rotatable bonds is 5. The SMILES string of the molecule is COCC(CC(C)=O)C(C)=O. The van der Waals surface area contributed by atoms with Gasteiger partial charge in [0.05, 0.1) is 6.61 Å². The number of ether oxygens (including phenoxy) is 1. The molecule has 64 valence electrons. The van der Waals surface area contributed by atoms with Gasteiger partial charge in [-0.3, -0.25) is 4.79 Å². The maximum absolute atomic E-state index is 10.8. The van der Waals surface area contributed by atoms with Crippen LogP contribution in [0, 0.1) is 5.92 Å². The Morgan fingerprint density at radius 3 is 2.18 bits per heavy atom. The average Bonchev–Trinajstić information content (AvgIpc) is 1.86. The number of hydrogen-bond acceptors (Lipinski definition) is 3. The molecule has 0 saturated carbocycles. The molecule has 0 aliphatic rings. The van der Waals surface area contributed by atoms with Crippen molar-refractivity contribution in [2.45, 2.75) is 20.3 Å². The van der Waals surface area contributed by atoms with E-state index in [-0.39, 0.29) is 17.5 Å². The first-order valence-electron chi connectivity index (χ1n) is 3.56. The minimum Gasteiger partial charge on any atom is -0.384 e. The number of ketones is 2. The molecule has 0 aromatic heterocycles. The topological polar surface area (TPSA) is 43.4 Å². The molecule has 0 radical (unpaired) electrons. The van der Waals surface area contributed by atoms with Crippen molar-refractivity contribution in [2.75, 3.05) is 13.7 Å². The van der Waals surface area contributed by atoms with Gasteiger partial charge in [0.1, 0.15) is 11.6 Å². The van der Waals surface area contributed by atoms with E-state index in [1.807, 2.05) is 0 Å². The molecule has 11 heavy (non-hydrogen) atoms. The minimum atomic E-state index is -0.252. The number of hydrogen-bond donors (Lipinski definition) is 0. The van der Waals surface area contributed by atoms with Gasteiger partial charge >= 0.3 is 0 Å². The summed E-state index contributed by atoms with van der Waals surface area (Å²) in [5.74, 6) is -0.207. The average molecular weight is 158 g/mol. The van der Waals surface area contributed by atoms with Crippen LogP contribution in [0.15, 0.2) is 0 Å². The number of carbonyl (C=O) groups excluding carboxylic acids is 2. The van der Waals surface area contributed by atoms with Gasteiger partial charge in [-0.2, -0.15) is 0 Å². The van der Waals surface area contributed by atoms with Crippen LogP contribution in [0.2, 0.25) is 0 Å². The third-order valence-corrected chi connectivity index (χ3v) is 1.48. The van der Waals surface area contributed by atoms with Gasteiger partial charge in [-0.15, -0.1) is 0 Å². The molecule has 3 heteroatoms. The summed E-state index contributed by atoms with van der Waals surface area (Å²) in [5.41, 5.74) is 0. The highest BCUT2D eigenvalue weighted by molar-refractivity contribution is 5.85. The summed E-state index contributed by atoms with van der Waals surface area (Å²) in [6.45, 7) is 3.30. The van der Waals surface area contributed by atoms with Crippen molar-refractivity contribution in [1.82, 2.24) is 0 Å². The van der Waals surface area contributed by atoms with Gasteiger partial charge in [-0.05, 0) is 13.8 Å². The molecule has 0 amide bonds. The minimum absolute atomic E-state index is 0.0158. The smallest absolute Gasteiger partial charge is 0.135 e. The molecule has 0 aromatic carbocycles. The van der Waals surface area contributed by atoms with Crippen molar-refractivity contribution >= 4 is 11.6 Å². The van der Waals surface area contributed by atoms with Crippen LogP contribution in [0.1, 0.15) is 20.3 Å². The molecule has 0 saturated heterocycles. The summed E-state index contributed by atoms with van der Waals surface area (Å²) in [7, 11) is 1.52. The Bertz CT molecular complexity index is 151. The normalized spacial score (nSPS) is 12.6. The molecule has 0 heterocycles. The largest absolute Gasteiger partial charge is 0.384 e. The number of Topliss-reactive ketones (excluding diaryl/α,β-unsaturated/α-hetero) is 2. The van der Waals surface area contributed by atoms with Gasteiger partial charge in [0.2, 0.25) is 0 Å². The van der Waals surface area contributed by atoms with Crippen molar-refractivity contribution in [3.63, 3.8) is 0 Å². The zero-order valence-corrected chi connectivity index (χ0v) is 7.22. The second-order valence-corrected chi connectivity index (χ2v) is 2.67. The van der Waals surface area contributed by atoms with E-state index in [0.29, 0.717) is 13.0 Å². The van der Waals surface area contributed by atoms with Crippen LogP contribution in [0.3, 0.4) is 0 Å². The molecule has 0 rings (SSSR count). The lowest BCUT2D eigenvalue weighted by Crippen LogP contribution is -2.19. The standard InChI is InChI=1S/C8H14O3/c1-6(9)4-8(5-11-3)7(2)10/h8H,4-5H2,1-3H3. The van der Waals surface area contributed by atoms with Crippen LogP contribution in [0.4, 0.5) is 0 Å². The maximum Gasteiger partial charge on any atom is 0.135 e. The van der Waals surface area contributed by atoms with E-state index in [4.69, 9.17) is 4.74 Å². The van der Waals surface area contributed by atoms with Gasteiger partial charge in [-0.25, -0.2) is 0 Å². The Balaban J connectivity index is 3.89. The van der Waals surface area contributed by atoms with Gasteiger partial charge in [0, 0.05) is 19.4 Å². The zero-order valence-electron chi connectivity index (χ0n) is 7.22. The van der Waals surface area contributed by atoms with Crippen molar-refractivity contribution in [2.24, 2.45) is 5.92 Å². The number of methoxy groups -OCH3 is 1. The van der Waals surface area contributed by atoms with Gasteiger partial charge < -0.3 is 9.53 Å². The summed E-state index contributed by atoms with van der Waals surface area (Å²) in [4.78, 5) is 21.5. The van der Waals surface area contributed by atoms with E-state index < -0.39 is 0 Å². The third kappa shape index (κ3) is 4.67. The number of carbonyl (C=O) groups is 2. The molecular formula is C8H14O3. The third-order valence-electron chi connectivity index (χ3n) is 1.48. The Hall–Kier alpha value is -0.700. The molecule has 1 unspecified atom stereocenters. The first-order valence-corrected chi connectivity index (χ1v) is 3.56. The first kappa shape index (κ1) is 10.3. The van der Waals surface area contributed by atoms with Crippen LogP contribution >= 0.6 is 0 Å². The van der Waals surface area contributed by atoms with E-state index in [9.17, 15) is 9.59 Å². The fourth-order valence-electron chi connectivity index (χ4n) is 0.868. The molecule has 0 aliphatic heterocycles. The van der Waals surface area contributed by atoms with Crippen molar-refractivity contribution < 1.29 is 14.3 Å². The molecular weight excluding hydrogens is 144 g/mol. The van der Waals surface area contributed by atoms with E-state index >= 15 is 0 Å². The fourth-order valence-corrected chi connectivity index (χ4v) is 0.868. The quantitative estimate of drug-likeness (QED) is 0.595. The summed E-state index contributed by atoms with van der Waals surface area (Å²) >= 11 is 0. The Labute approximate surface area is 66.7 Å². The molecule has 3 nitrogen and oxygen atoms in total. The Morgan fingerprint density at radius 2 is 1.91 bits per heavy atom. The summed E-state index contributed by atoms with van der Waals surface area (Å²) in [6.07, 6.45) is 0.295. The van der Waals surface area contributed by atoms with Crippen molar-refractivity contribution in [3.8, 4) is 0 Å². The maximum atomic E-state index is 10.8.